The summed E-state index contributed by atoms with van der Waals surface area (Å²) in [4.78, 5) is 16.5. The van der Waals surface area contributed by atoms with Gasteiger partial charge in [-0.1, -0.05) is 58.0 Å². The quantitative estimate of drug-likeness (QED) is 0.484. The van der Waals surface area contributed by atoms with Crippen LogP contribution < -0.4 is 0 Å². The van der Waals surface area contributed by atoms with E-state index in [0.717, 1.165) is 20.9 Å². The molecule has 0 unspecified atom stereocenters. The predicted octanol–water partition coefficient (Wildman–Crippen LogP) is 4.61. The van der Waals surface area contributed by atoms with Crippen LogP contribution in [0.4, 0.5) is 0 Å². The summed E-state index contributed by atoms with van der Waals surface area (Å²) >= 11 is 4.87. The Morgan fingerprint density at radius 3 is 2.55 bits per heavy atom. The molecule has 0 aliphatic rings. The number of Topliss-reactive ketones (excluding diaryl/α,β-unsaturated/α-hetero) is 1. The Bertz CT molecular complexity index is 769. The number of hydrogen-bond acceptors (Lipinski definition) is 3. The van der Waals surface area contributed by atoms with E-state index in [2.05, 4.69) is 20.9 Å². The Kier molecular flexibility index (Phi) is 4.75. The molecule has 0 atom stereocenters. The normalized spacial score (nSPS) is 10.6. The molecule has 5 heteroatoms. The summed E-state index contributed by atoms with van der Waals surface area (Å²) in [5.74, 6) is 0.480. The van der Waals surface area contributed by atoms with E-state index in [4.69, 9.17) is 0 Å². The van der Waals surface area contributed by atoms with Gasteiger partial charge in [0, 0.05) is 28.1 Å². The van der Waals surface area contributed by atoms with Crippen molar-refractivity contribution in [3.8, 4) is 5.69 Å². The topological polar surface area (TPSA) is 34.9 Å². The molecule has 0 amide bonds. The van der Waals surface area contributed by atoms with Crippen molar-refractivity contribution in [2.45, 2.75) is 5.16 Å². The van der Waals surface area contributed by atoms with E-state index in [9.17, 15) is 4.79 Å². The maximum atomic E-state index is 12.2. The van der Waals surface area contributed by atoms with Crippen LogP contribution in [0.5, 0.6) is 0 Å². The Labute approximate surface area is 141 Å². The first-order valence-electron chi connectivity index (χ1n) is 6.74. The molecule has 0 aliphatic carbocycles. The summed E-state index contributed by atoms with van der Waals surface area (Å²) in [5.41, 5.74) is 1.76. The van der Waals surface area contributed by atoms with Crippen molar-refractivity contribution in [1.29, 1.82) is 0 Å². The maximum absolute atomic E-state index is 12.2. The van der Waals surface area contributed by atoms with Crippen molar-refractivity contribution in [2.24, 2.45) is 0 Å². The van der Waals surface area contributed by atoms with Crippen LogP contribution in [-0.4, -0.2) is 21.1 Å². The van der Waals surface area contributed by atoms with Gasteiger partial charge in [0.25, 0.3) is 0 Å². The molecule has 3 rings (SSSR count). The van der Waals surface area contributed by atoms with Gasteiger partial charge >= 0.3 is 0 Å². The highest BCUT2D eigenvalue weighted by molar-refractivity contribution is 9.10. The second kappa shape index (κ2) is 6.94. The zero-order valence-electron chi connectivity index (χ0n) is 11.6. The van der Waals surface area contributed by atoms with E-state index in [-0.39, 0.29) is 5.78 Å². The van der Waals surface area contributed by atoms with Crippen LogP contribution in [-0.2, 0) is 0 Å². The number of ketones is 1. The average Bonchev–Trinajstić information content (AvgIpc) is 3.02. The Morgan fingerprint density at radius 2 is 1.82 bits per heavy atom. The number of nitrogens with zero attached hydrogens (tertiary/aromatic N) is 2. The number of rotatable bonds is 5. The first-order valence-corrected chi connectivity index (χ1v) is 8.52. The van der Waals surface area contributed by atoms with E-state index >= 15 is 0 Å². The van der Waals surface area contributed by atoms with E-state index in [1.807, 2.05) is 65.4 Å². The van der Waals surface area contributed by atoms with Crippen molar-refractivity contribution in [3.63, 3.8) is 0 Å². The summed E-state index contributed by atoms with van der Waals surface area (Å²) in [6, 6.07) is 17.3. The van der Waals surface area contributed by atoms with Gasteiger partial charge in [0.15, 0.2) is 10.9 Å². The third-order valence-corrected chi connectivity index (χ3v) is 4.64. The van der Waals surface area contributed by atoms with Gasteiger partial charge in [0.2, 0.25) is 0 Å². The largest absolute Gasteiger partial charge is 0.295 e. The molecule has 1 aromatic heterocycles. The zero-order valence-corrected chi connectivity index (χ0v) is 14.0. The first kappa shape index (κ1) is 15.1. The molecule has 22 heavy (non-hydrogen) atoms. The molecule has 0 bridgehead atoms. The minimum absolute atomic E-state index is 0.107. The molecule has 0 aliphatic heterocycles. The number of thioether (sulfide) groups is 1. The second-order valence-corrected chi connectivity index (χ2v) is 6.49. The van der Waals surface area contributed by atoms with Gasteiger partial charge in [-0.2, -0.15) is 0 Å². The van der Waals surface area contributed by atoms with Gasteiger partial charge in [-0.05, 0) is 24.3 Å². The number of aromatic nitrogens is 2. The van der Waals surface area contributed by atoms with Crippen LogP contribution in [0.25, 0.3) is 5.69 Å². The minimum Gasteiger partial charge on any atom is -0.295 e. The lowest BCUT2D eigenvalue weighted by Gasteiger charge is -2.07. The van der Waals surface area contributed by atoms with E-state index in [0.29, 0.717) is 5.75 Å². The summed E-state index contributed by atoms with van der Waals surface area (Å²) < 4.78 is 3.01. The number of benzene rings is 2. The third-order valence-electron chi connectivity index (χ3n) is 3.14. The van der Waals surface area contributed by atoms with Crippen molar-refractivity contribution in [3.05, 3.63) is 77.0 Å². The van der Waals surface area contributed by atoms with Crippen molar-refractivity contribution >= 4 is 33.5 Å². The fourth-order valence-corrected chi connectivity index (χ4v) is 3.16. The van der Waals surface area contributed by atoms with Crippen molar-refractivity contribution in [1.82, 2.24) is 9.55 Å². The van der Waals surface area contributed by atoms with Gasteiger partial charge < -0.3 is 0 Å². The fourth-order valence-electron chi connectivity index (χ4n) is 2.03. The van der Waals surface area contributed by atoms with Gasteiger partial charge in [0.05, 0.1) is 5.75 Å². The molecular weight excluding hydrogens is 360 g/mol. The lowest BCUT2D eigenvalue weighted by Crippen LogP contribution is -2.03. The molecule has 0 radical (unpaired) electrons. The van der Waals surface area contributed by atoms with Crippen LogP contribution in [0, 0.1) is 0 Å². The third kappa shape index (κ3) is 3.48. The van der Waals surface area contributed by atoms with Crippen LogP contribution in [0.2, 0.25) is 0 Å². The van der Waals surface area contributed by atoms with Crippen molar-refractivity contribution < 1.29 is 4.79 Å². The molecule has 0 spiro atoms. The minimum atomic E-state index is 0.107. The van der Waals surface area contributed by atoms with Gasteiger partial charge in [-0.15, -0.1) is 0 Å². The van der Waals surface area contributed by atoms with Crippen LogP contribution >= 0.6 is 27.7 Å². The van der Waals surface area contributed by atoms with Crippen molar-refractivity contribution in [2.75, 3.05) is 5.75 Å². The van der Waals surface area contributed by atoms with Gasteiger partial charge in [-0.3, -0.25) is 9.36 Å². The zero-order chi connectivity index (χ0) is 15.4. The molecule has 1 heterocycles. The number of halogens is 1. The lowest BCUT2D eigenvalue weighted by atomic mass is 10.2. The molecule has 0 N–H and O–H groups in total. The SMILES string of the molecule is O=C(CSc1nccn1-c1ccc(Br)cc1)c1ccccc1. The number of hydrogen-bond donors (Lipinski definition) is 0. The number of carbonyl (C=O) groups is 1. The van der Waals surface area contributed by atoms with Crippen LogP contribution in [0.15, 0.2) is 76.6 Å². The number of imidazole rings is 1. The molecule has 0 saturated carbocycles. The molecule has 3 nitrogen and oxygen atoms in total. The molecule has 0 fully saturated rings. The first-order chi connectivity index (χ1) is 10.7. The van der Waals surface area contributed by atoms with Crippen LogP contribution in [0.1, 0.15) is 10.4 Å². The fraction of sp³-hybridized carbons (Fsp3) is 0.0588. The summed E-state index contributed by atoms with van der Waals surface area (Å²) in [7, 11) is 0. The highest BCUT2D eigenvalue weighted by Crippen LogP contribution is 2.22. The Hall–Kier alpha value is -1.85. The second-order valence-electron chi connectivity index (χ2n) is 4.63. The smallest absolute Gasteiger partial charge is 0.173 e. The van der Waals surface area contributed by atoms with E-state index in [1.54, 1.807) is 6.20 Å². The summed E-state index contributed by atoms with van der Waals surface area (Å²) in [6.07, 6.45) is 3.65. The Balaban J connectivity index is 1.73. The van der Waals surface area contributed by atoms with E-state index < -0.39 is 0 Å². The predicted molar refractivity (Wildman–Crippen MR) is 92.8 cm³/mol. The van der Waals surface area contributed by atoms with Gasteiger partial charge in [0.1, 0.15) is 0 Å². The van der Waals surface area contributed by atoms with Crippen LogP contribution in [0.3, 0.4) is 0 Å². The molecular formula is C17H13BrN2OS. The standard InChI is InChI=1S/C17H13BrN2OS/c18-14-6-8-15(9-7-14)20-11-10-19-17(20)22-12-16(21)13-4-2-1-3-5-13/h1-11H,12H2. The molecule has 0 saturated heterocycles. The molecule has 3 aromatic rings. The molecule has 110 valence electrons. The van der Waals surface area contributed by atoms with Gasteiger partial charge in [-0.25, -0.2) is 4.98 Å². The van der Waals surface area contributed by atoms with E-state index in [1.165, 1.54) is 11.8 Å². The lowest BCUT2D eigenvalue weighted by molar-refractivity contribution is 0.102. The number of carbonyl (C=O) groups excluding carboxylic acids is 1. The molecule has 2 aromatic carbocycles. The maximum Gasteiger partial charge on any atom is 0.173 e. The highest BCUT2D eigenvalue weighted by atomic mass is 79.9. The Morgan fingerprint density at radius 1 is 1.09 bits per heavy atom. The highest BCUT2D eigenvalue weighted by Gasteiger charge is 2.10. The monoisotopic (exact) mass is 372 g/mol. The summed E-state index contributed by atoms with van der Waals surface area (Å²) in [5, 5.41) is 0.812. The average molecular weight is 373 g/mol. The summed E-state index contributed by atoms with van der Waals surface area (Å²) in [6.45, 7) is 0.